The Hall–Kier alpha value is -0.190. The Bertz CT molecular complexity index is 139. The lowest BCUT2D eigenvalue weighted by Gasteiger charge is -2.12. The molecule has 2 N–H and O–H groups in total. The molecule has 0 bridgehead atoms. The summed E-state index contributed by atoms with van der Waals surface area (Å²) >= 11 is 4.73. The standard InChI is InChI=1S/C8H17NO2S/c1-6(2)10-4-5-11-7(3)8(9)12/h6-7H,4-5H2,1-3H3,(H2,9,12). The first kappa shape index (κ1) is 11.8. The van der Waals surface area contributed by atoms with E-state index in [1.54, 1.807) is 0 Å². The average molecular weight is 191 g/mol. The molecule has 72 valence electrons. The van der Waals surface area contributed by atoms with Crippen molar-refractivity contribution in [2.75, 3.05) is 13.2 Å². The van der Waals surface area contributed by atoms with E-state index in [-0.39, 0.29) is 12.2 Å². The molecule has 0 aromatic heterocycles. The summed E-state index contributed by atoms with van der Waals surface area (Å²) in [5, 5.41) is 0. The molecule has 1 atom stereocenters. The van der Waals surface area contributed by atoms with E-state index in [1.165, 1.54) is 0 Å². The average Bonchev–Trinajstić information content (AvgIpc) is 1.97. The minimum Gasteiger partial charge on any atom is -0.391 e. The number of thiocarbonyl (C=S) groups is 1. The lowest BCUT2D eigenvalue weighted by Crippen LogP contribution is -2.27. The normalized spacial score (nSPS) is 13.3. The molecular formula is C8H17NO2S. The first-order valence-electron chi connectivity index (χ1n) is 4.06. The van der Waals surface area contributed by atoms with Gasteiger partial charge in [-0.05, 0) is 20.8 Å². The van der Waals surface area contributed by atoms with Gasteiger partial charge in [0.1, 0.15) is 11.1 Å². The van der Waals surface area contributed by atoms with Crippen molar-refractivity contribution in [3.05, 3.63) is 0 Å². The third-order valence-electron chi connectivity index (χ3n) is 1.30. The zero-order valence-corrected chi connectivity index (χ0v) is 8.69. The van der Waals surface area contributed by atoms with Crippen LogP contribution >= 0.6 is 12.2 Å². The van der Waals surface area contributed by atoms with Crippen LogP contribution in [0, 0.1) is 0 Å². The van der Waals surface area contributed by atoms with E-state index in [2.05, 4.69) is 0 Å². The summed E-state index contributed by atoms with van der Waals surface area (Å²) in [6.45, 7) is 6.92. The second kappa shape index (κ2) is 6.34. The van der Waals surface area contributed by atoms with Crippen molar-refractivity contribution in [3.63, 3.8) is 0 Å². The maximum atomic E-state index is 5.34. The topological polar surface area (TPSA) is 44.5 Å². The van der Waals surface area contributed by atoms with Crippen molar-refractivity contribution >= 4 is 17.2 Å². The predicted octanol–water partition coefficient (Wildman–Crippen LogP) is 1.10. The van der Waals surface area contributed by atoms with Gasteiger partial charge in [-0.15, -0.1) is 0 Å². The summed E-state index contributed by atoms with van der Waals surface area (Å²) in [4.78, 5) is 0.388. The van der Waals surface area contributed by atoms with Crippen LogP contribution in [-0.4, -0.2) is 30.4 Å². The highest BCUT2D eigenvalue weighted by atomic mass is 32.1. The van der Waals surface area contributed by atoms with Gasteiger partial charge in [-0.3, -0.25) is 0 Å². The van der Waals surface area contributed by atoms with Crippen LogP contribution in [0.3, 0.4) is 0 Å². The number of ether oxygens (including phenoxy) is 2. The molecule has 0 amide bonds. The molecule has 4 heteroatoms. The summed E-state index contributed by atoms with van der Waals surface area (Å²) in [6, 6.07) is 0. The van der Waals surface area contributed by atoms with Crippen molar-refractivity contribution in [3.8, 4) is 0 Å². The molecule has 0 rings (SSSR count). The van der Waals surface area contributed by atoms with Crippen LogP contribution in [0.4, 0.5) is 0 Å². The summed E-state index contributed by atoms with van der Waals surface area (Å²) in [5.41, 5.74) is 5.34. The molecule has 12 heavy (non-hydrogen) atoms. The van der Waals surface area contributed by atoms with Crippen LogP contribution in [0.1, 0.15) is 20.8 Å². The Morgan fingerprint density at radius 1 is 1.25 bits per heavy atom. The lowest BCUT2D eigenvalue weighted by atomic mass is 10.4. The molecule has 0 aromatic rings. The summed E-state index contributed by atoms with van der Waals surface area (Å²) in [6.07, 6.45) is 0.0875. The number of rotatable bonds is 6. The largest absolute Gasteiger partial charge is 0.391 e. The Balaban J connectivity index is 3.25. The van der Waals surface area contributed by atoms with Crippen molar-refractivity contribution in [1.29, 1.82) is 0 Å². The highest BCUT2D eigenvalue weighted by Gasteiger charge is 2.03. The van der Waals surface area contributed by atoms with Gasteiger partial charge in [0, 0.05) is 0 Å². The van der Waals surface area contributed by atoms with Gasteiger partial charge in [0.25, 0.3) is 0 Å². The van der Waals surface area contributed by atoms with Crippen molar-refractivity contribution in [2.45, 2.75) is 33.0 Å². The molecule has 0 saturated carbocycles. The highest BCUT2D eigenvalue weighted by molar-refractivity contribution is 7.80. The monoisotopic (exact) mass is 191 g/mol. The smallest absolute Gasteiger partial charge is 0.105 e. The fourth-order valence-corrected chi connectivity index (χ4v) is 0.659. The lowest BCUT2D eigenvalue weighted by molar-refractivity contribution is 0.0111. The molecule has 0 spiro atoms. The summed E-state index contributed by atoms with van der Waals surface area (Å²) in [5.74, 6) is 0. The third kappa shape index (κ3) is 6.52. The van der Waals surface area contributed by atoms with Gasteiger partial charge < -0.3 is 15.2 Å². The van der Waals surface area contributed by atoms with E-state index in [4.69, 9.17) is 27.4 Å². The molecule has 0 heterocycles. The summed E-state index contributed by atoms with van der Waals surface area (Å²) in [7, 11) is 0. The van der Waals surface area contributed by atoms with Crippen LogP contribution in [0.2, 0.25) is 0 Å². The first-order valence-corrected chi connectivity index (χ1v) is 4.47. The zero-order chi connectivity index (χ0) is 9.56. The SMILES string of the molecule is CC(C)OCCOC(C)C(N)=S. The Morgan fingerprint density at radius 3 is 2.17 bits per heavy atom. The van der Waals surface area contributed by atoms with Crippen LogP contribution in [0.25, 0.3) is 0 Å². The molecule has 0 aromatic carbocycles. The molecule has 1 unspecified atom stereocenters. The Morgan fingerprint density at radius 2 is 1.75 bits per heavy atom. The predicted molar refractivity (Wildman–Crippen MR) is 53.3 cm³/mol. The third-order valence-corrected chi connectivity index (χ3v) is 1.63. The molecule has 0 aliphatic rings. The molecule has 0 aliphatic carbocycles. The van der Waals surface area contributed by atoms with Crippen LogP contribution in [-0.2, 0) is 9.47 Å². The quantitative estimate of drug-likeness (QED) is 0.504. The van der Waals surface area contributed by atoms with Gasteiger partial charge in [-0.25, -0.2) is 0 Å². The Kier molecular flexibility index (Phi) is 6.24. The number of nitrogens with two attached hydrogens (primary N) is 1. The van der Waals surface area contributed by atoms with Gasteiger partial charge in [-0.1, -0.05) is 12.2 Å². The van der Waals surface area contributed by atoms with Gasteiger partial charge in [-0.2, -0.15) is 0 Å². The van der Waals surface area contributed by atoms with Gasteiger partial charge in [0.2, 0.25) is 0 Å². The Labute approximate surface area is 79.2 Å². The highest BCUT2D eigenvalue weighted by Crippen LogP contribution is 1.92. The molecule has 0 saturated heterocycles. The van der Waals surface area contributed by atoms with E-state index >= 15 is 0 Å². The summed E-state index contributed by atoms with van der Waals surface area (Å²) < 4.78 is 10.5. The van der Waals surface area contributed by atoms with E-state index < -0.39 is 0 Å². The van der Waals surface area contributed by atoms with Crippen molar-refractivity contribution < 1.29 is 9.47 Å². The minimum absolute atomic E-state index is 0.157. The van der Waals surface area contributed by atoms with Gasteiger partial charge in [0.05, 0.1) is 19.3 Å². The van der Waals surface area contributed by atoms with Gasteiger partial charge >= 0.3 is 0 Å². The second-order valence-corrected chi connectivity index (χ2v) is 3.31. The number of hydrogen-bond acceptors (Lipinski definition) is 3. The molecular weight excluding hydrogens is 174 g/mol. The minimum atomic E-state index is -0.157. The van der Waals surface area contributed by atoms with Crippen molar-refractivity contribution in [2.24, 2.45) is 5.73 Å². The maximum Gasteiger partial charge on any atom is 0.105 e. The molecule has 0 fully saturated rings. The zero-order valence-electron chi connectivity index (χ0n) is 7.87. The van der Waals surface area contributed by atoms with Crippen molar-refractivity contribution in [1.82, 2.24) is 0 Å². The van der Waals surface area contributed by atoms with Crippen LogP contribution in [0.15, 0.2) is 0 Å². The van der Waals surface area contributed by atoms with E-state index in [9.17, 15) is 0 Å². The second-order valence-electron chi connectivity index (χ2n) is 2.83. The van der Waals surface area contributed by atoms with E-state index in [1.807, 2.05) is 20.8 Å². The van der Waals surface area contributed by atoms with E-state index in [0.717, 1.165) is 0 Å². The van der Waals surface area contributed by atoms with Crippen LogP contribution < -0.4 is 5.73 Å². The van der Waals surface area contributed by atoms with Gasteiger partial charge in [0.15, 0.2) is 0 Å². The molecule has 3 nitrogen and oxygen atoms in total. The molecule has 0 radical (unpaired) electrons. The number of hydrogen-bond donors (Lipinski definition) is 1. The molecule has 0 aliphatic heterocycles. The first-order chi connectivity index (χ1) is 5.54. The maximum absolute atomic E-state index is 5.34. The fourth-order valence-electron chi connectivity index (χ4n) is 0.591. The van der Waals surface area contributed by atoms with E-state index in [0.29, 0.717) is 18.2 Å². The van der Waals surface area contributed by atoms with Crippen LogP contribution in [0.5, 0.6) is 0 Å². The fraction of sp³-hybridized carbons (Fsp3) is 0.875.